The lowest BCUT2D eigenvalue weighted by molar-refractivity contribution is 0.156. The summed E-state index contributed by atoms with van der Waals surface area (Å²) >= 11 is 3.62. The minimum absolute atomic E-state index is 0.625. The van der Waals surface area contributed by atoms with Crippen LogP contribution in [0.1, 0.15) is 24.3 Å². The van der Waals surface area contributed by atoms with Gasteiger partial charge in [0.2, 0.25) is 0 Å². The average molecular weight is 332 g/mol. The smallest absolute Gasteiger partial charge is 0.0178 e. The Balaban J connectivity index is 1.93. The third-order valence-electron chi connectivity index (χ3n) is 4.84. The minimum atomic E-state index is 0.625. The Hall–Kier alpha value is -0.860. The Bertz CT molecular complexity index is 532. The monoisotopic (exact) mass is 331 g/mol. The first-order valence-corrected chi connectivity index (χ1v) is 8.21. The molecule has 3 rings (SSSR count). The molecule has 4 atom stereocenters. The lowest BCUT2D eigenvalue weighted by atomic mass is 9.66. The highest BCUT2D eigenvalue weighted by atomic mass is 79.9. The van der Waals surface area contributed by atoms with Crippen LogP contribution in [0, 0.1) is 11.8 Å². The topological polar surface area (TPSA) is 3.24 Å². The van der Waals surface area contributed by atoms with Gasteiger partial charge in [-0.05, 0) is 62.4 Å². The second-order valence-electron chi connectivity index (χ2n) is 6.26. The van der Waals surface area contributed by atoms with Crippen molar-refractivity contribution in [1.82, 2.24) is 4.90 Å². The first-order valence-electron chi connectivity index (χ1n) is 7.42. The van der Waals surface area contributed by atoms with Gasteiger partial charge in [0.1, 0.15) is 0 Å². The van der Waals surface area contributed by atoms with Gasteiger partial charge in [-0.25, -0.2) is 0 Å². The molecule has 1 nitrogen and oxygen atoms in total. The summed E-state index contributed by atoms with van der Waals surface area (Å²) in [6.45, 7) is 0. The molecule has 4 unspecified atom stereocenters. The zero-order valence-corrected chi connectivity index (χ0v) is 13.8. The van der Waals surface area contributed by atoms with Crippen LogP contribution in [0.2, 0.25) is 0 Å². The second-order valence-corrected chi connectivity index (χ2v) is 7.18. The molecule has 1 aromatic rings. The van der Waals surface area contributed by atoms with E-state index in [0.717, 1.165) is 0 Å². The van der Waals surface area contributed by atoms with Gasteiger partial charge in [0.25, 0.3) is 0 Å². The molecule has 0 aromatic heterocycles. The summed E-state index contributed by atoms with van der Waals surface area (Å²) in [7, 11) is 4.43. The van der Waals surface area contributed by atoms with Crippen LogP contribution in [0.3, 0.4) is 0 Å². The Morgan fingerprint density at radius 3 is 2.65 bits per heavy atom. The van der Waals surface area contributed by atoms with Gasteiger partial charge in [0.15, 0.2) is 0 Å². The molecule has 1 saturated carbocycles. The van der Waals surface area contributed by atoms with Gasteiger partial charge in [0.05, 0.1) is 0 Å². The molecular weight excluding hydrogens is 310 g/mol. The highest BCUT2D eigenvalue weighted by molar-refractivity contribution is 9.10. The fourth-order valence-corrected chi connectivity index (χ4v) is 4.13. The normalized spacial score (nSPS) is 32.4. The second kappa shape index (κ2) is 5.87. The van der Waals surface area contributed by atoms with Crippen molar-refractivity contribution < 1.29 is 0 Å². The van der Waals surface area contributed by atoms with Crippen molar-refractivity contribution in [3.8, 4) is 0 Å². The predicted octanol–water partition coefficient (Wildman–Crippen LogP) is 4.62. The van der Waals surface area contributed by atoms with Crippen molar-refractivity contribution >= 4 is 15.9 Å². The SMILES string of the molecule is CN(C)C1CC2C=CC=CC2C(c2cccc(Br)c2)C1. The van der Waals surface area contributed by atoms with E-state index in [4.69, 9.17) is 0 Å². The molecule has 0 heterocycles. The lowest BCUT2D eigenvalue weighted by Gasteiger charge is -2.43. The van der Waals surface area contributed by atoms with Crippen LogP contribution in [0.5, 0.6) is 0 Å². The fraction of sp³-hybridized carbons (Fsp3) is 0.444. The molecule has 0 N–H and O–H groups in total. The number of hydrogen-bond acceptors (Lipinski definition) is 1. The third kappa shape index (κ3) is 2.77. The van der Waals surface area contributed by atoms with Crippen molar-refractivity contribution in [2.75, 3.05) is 14.1 Å². The molecule has 0 aliphatic heterocycles. The highest BCUT2D eigenvalue weighted by Crippen LogP contribution is 2.45. The van der Waals surface area contributed by atoms with E-state index < -0.39 is 0 Å². The van der Waals surface area contributed by atoms with Crippen molar-refractivity contribution in [2.24, 2.45) is 11.8 Å². The zero-order chi connectivity index (χ0) is 14.1. The standard InChI is InChI=1S/C18H22BrN/c1-20(2)16-11-14-6-3-4-9-17(14)18(12-16)13-7-5-8-15(19)10-13/h3-10,14,16-18H,11-12H2,1-2H3. The van der Waals surface area contributed by atoms with Gasteiger partial charge in [-0.1, -0.05) is 52.4 Å². The molecule has 0 amide bonds. The Kier molecular flexibility index (Phi) is 4.13. The highest BCUT2D eigenvalue weighted by Gasteiger charge is 2.37. The molecule has 0 saturated heterocycles. The largest absolute Gasteiger partial charge is 0.306 e. The maximum Gasteiger partial charge on any atom is 0.0178 e. The number of halogens is 1. The van der Waals surface area contributed by atoms with Gasteiger partial charge < -0.3 is 4.90 Å². The maximum atomic E-state index is 3.62. The van der Waals surface area contributed by atoms with E-state index in [1.54, 1.807) is 0 Å². The van der Waals surface area contributed by atoms with E-state index in [1.165, 1.54) is 22.9 Å². The van der Waals surface area contributed by atoms with Gasteiger partial charge >= 0.3 is 0 Å². The van der Waals surface area contributed by atoms with Crippen LogP contribution < -0.4 is 0 Å². The van der Waals surface area contributed by atoms with Crippen LogP contribution in [0.15, 0.2) is 53.0 Å². The van der Waals surface area contributed by atoms with Crippen LogP contribution in [-0.2, 0) is 0 Å². The van der Waals surface area contributed by atoms with Crippen molar-refractivity contribution in [2.45, 2.75) is 24.8 Å². The lowest BCUT2D eigenvalue weighted by Crippen LogP contribution is -2.40. The first kappa shape index (κ1) is 14.1. The number of fused-ring (bicyclic) bond motifs is 1. The first-order chi connectivity index (χ1) is 9.65. The van der Waals surface area contributed by atoms with Crippen molar-refractivity contribution in [3.63, 3.8) is 0 Å². The van der Waals surface area contributed by atoms with Gasteiger partial charge in [-0.3, -0.25) is 0 Å². The van der Waals surface area contributed by atoms with E-state index in [0.29, 0.717) is 23.8 Å². The number of nitrogens with zero attached hydrogens (tertiary/aromatic N) is 1. The van der Waals surface area contributed by atoms with E-state index in [9.17, 15) is 0 Å². The Labute approximate surface area is 130 Å². The number of allylic oxidation sites excluding steroid dienone is 4. The molecule has 2 aliphatic rings. The molecule has 20 heavy (non-hydrogen) atoms. The quantitative estimate of drug-likeness (QED) is 0.764. The predicted molar refractivity (Wildman–Crippen MR) is 88.9 cm³/mol. The molecule has 2 aliphatic carbocycles. The number of benzene rings is 1. The summed E-state index contributed by atoms with van der Waals surface area (Å²) < 4.78 is 1.19. The van der Waals surface area contributed by atoms with Crippen LogP contribution in [-0.4, -0.2) is 25.0 Å². The van der Waals surface area contributed by atoms with Crippen molar-refractivity contribution in [3.05, 3.63) is 58.6 Å². The van der Waals surface area contributed by atoms with E-state index in [-0.39, 0.29) is 0 Å². The minimum Gasteiger partial charge on any atom is -0.306 e. The third-order valence-corrected chi connectivity index (χ3v) is 5.33. The summed E-state index contributed by atoms with van der Waals surface area (Å²) in [6.07, 6.45) is 11.8. The molecule has 1 fully saturated rings. The molecule has 2 heteroatoms. The Morgan fingerprint density at radius 2 is 1.90 bits per heavy atom. The molecule has 0 spiro atoms. The summed E-state index contributed by atoms with van der Waals surface area (Å²) in [5.74, 6) is 1.97. The zero-order valence-electron chi connectivity index (χ0n) is 12.2. The molecule has 0 bridgehead atoms. The van der Waals surface area contributed by atoms with Crippen LogP contribution in [0.25, 0.3) is 0 Å². The Morgan fingerprint density at radius 1 is 1.10 bits per heavy atom. The maximum absolute atomic E-state index is 3.62. The van der Waals surface area contributed by atoms with E-state index >= 15 is 0 Å². The van der Waals surface area contributed by atoms with Crippen molar-refractivity contribution in [1.29, 1.82) is 0 Å². The van der Waals surface area contributed by atoms with Gasteiger partial charge in [-0.15, -0.1) is 0 Å². The summed E-state index contributed by atoms with van der Waals surface area (Å²) in [5.41, 5.74) is 1.47. The summed E-state index contributed by atoms with van der Waals surface area (Å²) in [4.78, 5) is 2.40. The molecule has 0 radical (unpaired) electrons. The number of rotatable bonds is 2. The van der Waals surface area contributed by atoms with Gasteiger partial charge in [-0.2, -0.15) is 0 Å². The van der Waals surface area contributed by atoms with E-state index in [1.807, 2.05) is 0 Å². The average Bonchev–Trinajstić information content (AvgIpc) is 2.46. The summed E-state index contributed by atoms with van der Waals surface area (Å²) in [6, 6.07) is 9.54. The molecule has 106 valence electrons. The fourth-order valence-electron chi connectivity index (χ4n) is 3.72. The van der Waals surface area contributed by atoms with Crippen LogP contribution >= 0.6 is 15.9 Å². The molecule has 1 aromatic carbocycles. The molecular formula is C18H22BrN. The summed E-state index contributed by atoms with van der Waals surface area (Å²) in [5, 5.41) is 0. The van der Waals surface area contributed by atoms with Gasteiger partial charge in [0, 0.05) is 10.5 Å². The van der Waals surface area contributed by atoms with E-state index in [2.05, 4.69) is 83.5 Å². The van der Waals surface area contributed by atoms with Crippen LogP contribution in [0.4, 0.5) is 0 Å². The number of hydrogen-bond donors (Lipinski definition) is 0.